The van der Waals surface area contributed by atoms with Gasteiger partial charge in [-0.25, -0.2) is 4.79 Å². The van der Waals surface area contributed by atoms with Crippen LogP contribution in [-0.4, -0.2) is 52.2 Å². The fourth-order valence-corrected chi connectivity index (χ4v) is 1.99. The predicted molar refractivity (Wildman–Crippen MR) is 47.1 cm³/mol. The fraction of sp³-hybridized carbons (Fsp3) is 0.833. The number of carboxylic acid groups (broad SMARTS) is 1. The molecule has 0 aromatic carbocycles. The van der Waals surface area contributed by atoms with Crippen molar-refractivity contribution in [3.8, 4) is 0 Å². The lowest BCUT2D eigenvalue weighted by molar-refractivity contribution is -0.146. The molecule has 0 aromatic heterocycles. The summed E-state index contributed by atoms with van der Waals surface area (Å²) in [4.78, 5) is 10.2. The summed E-state index contributed by atoms with van der Waals surface area (Å²) >= 11 is 0. The van der Waals surface area contributed by atoms with Gasteiger partial charge >= 0.3 is 13.6 Å². The largest absolute Gasteiger partial charge is 0.479 e. The van der Waals surface area contributed by atoms with Crippen LogP contribution in [0.4, 0.5) is 0 Å². The molecule has 4 N–H and O–H groups in total. The van der Waals surface area contributed by atoms with Crippen molar-refractivity contribution >= 4 is 13.6 Å². The second-order valence-corrected chi connectivity index (χ2v) is 4.68. The van der Waals surface area contributed by atoms with Crippen LogP contribution in [0, 0.1) is 0 Å². The summed E-state index contributed by atoms with van der Waals surface area (Å²) in [7, 11) is -3.74. The molecule has 15 heavy (non-hydrogen) atoms. The molecule has 0 bridgehead atoms. The minimum Gasteiger partial charge on any atom is -0.479 e. The number of hydrogen-bond donors (Lipinski definition) is 4. The number of hydrogen-bond acceptors (Lipinski definition) is 7. The van der Waals surface area contributed by atoms with Crippen molar-refractivity contribution < 1.29 is 38.8 Å². The van der Waals surface area contributed by atoms with Crippen LogP contribution in [0.15, 0.2) is 0 Å². The van der Waals surface area contributed by atoms with E-state index in [1.54, 1.807) is 0 Å². The van der Waals surface area contributed by atoms with Crippen molar-refractivity contribution in [2.45, 2.75) is 12.5 Å². The maximum absolute atomic E-state index is 11.5. The third kappa shape index (κ3) is 5.83. The first-order valence-corrected chi connectivity index (χ1v) is 5.68. The van der Waals surface area contributed by atoms with Crippen LogP contribution in [0.5, 0.6) is 0 Å². The zero-order valence-corrected chi connectivity index (χ0v) is 8.67. The quantitative estimate of drug-likeness (QED) is 0.314. The van der Waals surface area contributed by atoms with Gasteiger partial charge in [0.25, 0.3) is 0 Å². The first-order chi connectivity index (χ1) is 6.95. The minimum atomic E-state index is -3.74. The average molecular weight is 244 g/mol. The first kappa shape index (κ1) is 14.5. The molecule has 0 aliphatic carbocycles. The number of aliphatic hydroxyl groups excluding tert-OH is 3. The van der Waals surface area contributed by atoms with Gasteiger partial charge in [0.15, 0.2) is 19.7 Å². The summed E-state index contributed by atoms with van der Waals surface area (Å²) < 4.78 is 20.1. The highest BCUT2D eigenvalue weighted by Gasteiger charge is 2.27. The van der Waals surface area contributed by atoms with Gasteiger partial charge in [-0.1, -0.05) is 0 Å². The summed E-state index contributed by atoms with van der Waals surface area (Å²) in [6, 6.07) is 0. The van der Waals surface area contributed by atoms with E-state index >= 15 is 0 Å². The van der Waals surface area contributed by atoms with E-state index in [0.717, 1.165) is 0 Å². The van der Waals surface area contributed by atoms with Gasteiger partial charge in [0.05, 0.1) is 6.16 Å². The van der Waals surface area contributed by atoms with Crippen molar-refractivity contribution in [3.63, 3.8) is 0 Å². The Hall–Kier alpha value is -0.500. The van der Waals surface area contributed by atoms with E-state index in [4.69, 9.17) is 20.4 Å². The Morgan fingerprint density at radius 1 is 1.27 bits per heavy atom. The van der Waals surface area contributed by atoms with Gasteiger partial charge in [0.1, 0.15) is 0 Å². The van der Waals surface area contributed by atoms with E-state index in [1.807, 2.05) is 0 Å². The molecule has 1 atom stereocenters. The van der Waals surface area contributed by atoms with Gasteiger partial charge in [-0.05, 0) is 6.42 Å². The number of aliphatic hydroxyl groups is 3. The third-order valence-electron chi connectivity index (χ3n) is 1.47. The number of carbonyl (C=O) groups is 1. The highest BCUT2D eigenvalue weighted by molar-refractivity contribution is 7.53. The second kappa shape index (κ2) is 6.89. The van der Waals surface area contributed by atoms with Crippen LogP contribution < -0.4 is 0 Å². The summed E-state index contributed by atoms with van der Waals surface area (Å²) in [6.07, 6.45) is -2.48. The molecule has 0 aromatic rings. The van der Waals surface area contributed by atoms with Crippen molar-refractivity contribution in [2.75, 3.05) is 19.7 Å². The lowest BCUT2D eigenvalue weighted by Gasteiger charge is -2.16. The molecule has 0 aliphatic heterocycles. The van der Waals surface area contributed by atoms with Gasteiger partial charge < -0.3 is 20.4 Å². The molecule has 0 radical (unpaired) electrons. The maximum Gasteiger partial charge on any atom is 0.334 e. The van der Waals surface area contributed by atoms with Crippen LogP contribution >= 0.6 is 7.60 Å². The summed E-state index contributed by atoms with van der Waals surface area (Å²) in [5.41, 5.74) is 0. The minimum absolute atomic E-state index is 0.368. The lowest BCUT2D eigenvalue weighted by atomic mass is 10.3. The smallest absolute Gasteiger partial charge is 0.334 e. The van der Waals surface area contributed by atoms with Gasteiger partial charge in [0, 0.05) is 0 Å². The second-order valence-electron chi connectivity index (χ2n) is 2.49. The van der Waals surface area contributed by atoms with Crippen LogP contribution in [0.25, 0.3) is 0 Å². The Morgan fingerprint density at radius 2 is 1.73 bits per heavy atom. The number of aliphatic carboxylic acids is 1. The Balaban J connectivity index is 4.18. The molecule has 0 amide bonds. The summed E-state index contributed by atoms with van der Waals surface area (Å²) in [6.45, 7) is -1.78. The third-order valence-corrected chi connectivity index (χ3v) is 3.29. The highest BCUT2D eigenvalue weighted by Crippen LogP contribution is 2.48. The van der Waals surface area contributed by atoms with Crippen molar-refractivity contribution in [1.29, 1.82) is 0 Å². The molecule has 0 saturated heterocycles. The zero-order valence-electron chi connectivity index (χ0n) is 7.77. The molecular formula is C6H13O8P. The van der Waals surface area contributed by atoms with E-state index in [-0.39, 0.29) is 6.42 Å². The lowest BCUT2D eigenvalue weighted by Crippen LogP contribution is -2.21. The Bertz CT molecular complexity index is 231. The molecule has 9 heteroatoms. The standard InChI is InChI=1S/C6H13O8P/c7-3-13-15(12,14-4-8)2-1-5(9)6(10)11/h5,7-9H,1-4H2,(H,10,11). The van der Waals surface area contributed by atoms with Crippen LogP contribution in [-0.2, 0) is 18.4 Å². The van der Waals surface area contributed by atoms with E-state index in [9.17, 15) is 9.36 Å². The van der Waals surface area contributed by atoms with Crippen molar-refractivity contribution in [1.82, 2.24) is 0 Å². The monoisotopic (exact) mass is 244 g/mol. The van der Waals surface area contributed by atoms with E-state index in [0.29, 0.717) is 0 Å². The van der Waals surface area contributed by atoms with Gasteiger partial charge in [-0.2, -0.15) is 0 Å². The Labute approximate surface area is 85.6 Å². The molecule has 90 valence electrons. The van der Waals surface area contributed by atoms with Gasteiger partial charge in [0.2, 0.25) is 0 Å². The van der Waals surface area contributed by atoms with Crippen LogP contribution in [0.1, 0.15) is 6.42 Å². The number of carboxylic acids is 1. The van der Waals surface area contributed by atoms with Crippen LogP contribution in [0.2, 0.25) is 0 Å². The normalized spacial score (nSPS) is 13.8. The summed E-state index contributed by atoms with van der Waals surface area (Å²) in [5, 5.41) is 33.9. The molecular weight excluding hydrogens is 231 g/mol. The van der Waals surface area contributed by atoms with Gasteiger partial charge in [-0.3, -0.25) is 13.6 Å². The molecule has 0 aliphatic rings. The van der Waals surface area contributed by atoms with Gasteiger partial charge in [-0.15, -0.1) is 0 Å². The molecule has 0 spiro atoms. The van der Waals surface area contributed by atoms with Crippen molar-refractivity contribution in [2.24, 2.45) is 0 Å². The Morgan fingerprint density at radius 3 is 2.07 bits per heavy atom. The maximum atomic E-state index is 11.5. The van der Waals surface area contributed by atoms with E-state index in [2.05, 4.69) is 9.05 Å². The molecule has 0 heterocycles. The highest BCUT2D eigenvalue weighted by atomic mass is 31.2. The molecule has 0 fully saturated rings. The molecule has 8 nitrogen and oxygen atoms in total. The zero-order chi connectivity index (χ0) is 11.9. The SMILES string of the molecule is O=C(O)C(O)CCP(=O)(OCO)OCO. The van der Waals surface area contributed by atoms with E-state index in [1.165, 1.54) is 0 Å². The molecule has 0 rings (SSSR count). The predicted octanol–water partition coefficient (Wildman–Crippen LogP) is -1.05. The molecule has 0 saturated carbocycles. The van der Waals surface area contributed by atoms with Crippen molar-refractivity contribution in [3.05, 3.63) is 0 Å². The van der Waals surface area contributed by atoms with E-state index < -0.39 is 39.4 Å². The topological polar surface area (TPSA) is 134 Å². The summed E-state index contributed by atoms with van der Waals surface area (Å²) in [5.74, 6) is -1.46. The van der Waals surface area contributed by atoms with Crippen LogP contribution in [0.3, 0.4) is 0 Å². The average Bonchev–Trinajstić information content (AvgIpc) is 2.15. The first-order valence-electron chi connectivity index (χ1n) is 3.96. The number of rotatable bonds is 8. The molecule has 1 unspecified atom stereocenters. The Kier molecular flexibility index (Phi) is 6.66. The fourth-order valence-electron chi connectivity index (χ4n) is 0.746.